The molecule has 2 aliphatic rings. The van der Waals surface area contributed by atoms with E-state index in [0.717, 1.165) is 18.8 Å². The Morgan fingerprint density at radius 2 is 2.00 bits per heavy atom. The summed E-state index contributed by atoms with van der Waals surface area (Å²) >= 11 is 0. The zero-order valence-electron chi connectivity index (χ0n) is 9.88. The van der Waals surface area contributed by atoms with Gasteiger partial charge >= 0.3 is 0 Å². The summed E-state index contributed by atoms with van der Waals surface area (Å²) in [7, 11) is 0. The van der Waals surface area contributed by atoms with Crippen LogP contribution in [0.15, 0.2) is 12.1 Å². The molecular weight excluding hydrogens is 198 g/mol. The number of fused-ring (bicyclic) bond motifs is 2. The number of benzene rings is 1. The first-order chi connectivity index (χ1) is 7.86. The summed E-state index contributed by atoms with van der Waals surface area (Å²) < 4.78 is 5.83. The van der Waals surface area contributed by atoms with E-state index in [-0.39, 0.29) is 0 Å². The number of nitrogens with one attached hydrogen (secondary N) is 1. The molecule has 0 amide bonds. The quantitative estimate of drug-likeness (QED) is 0.780. The third kappa shape index (κ3) is 1.66. The zero-order chi connectivity index (χ0) is 11.0. The van der Waals surface area contributed by atoms with Crippen LogP contribution in [0.3, 0.4) is 0 Å². The second kappa shape index (κ2) is 4.00. The van der Waals surface area contributed by atoms with E-state index >= 15 is 0 Å². The van der Waals surface area contributed by atoms with Crippen LogP contribution in [0.5, 0.6) is 5.75 Å². The van der Waals surface area contributed by atoms with Crippen LogP contribution in [-0.4, -0.2) is 12.6 Å². The Kier molecular flexibility index (Phi) is 2.50. The first-order valence-electron chi connectivity index (χ1n) is 6.42. The second-order valence-corrected chi connectivity index (χ2v) is 4.88. The topological polar surface area (TPSA) is 21.3 Å². The fraction of sp³-hybridized carbons (Fsp3) is 0.571. The maximum atomic E-state index is 5.83. The molecule has 0 aromatic heterocycles. The van der Waals surface area contributed by atoms with Gasteiger partial charge in [0.2, 0.25) is 0 Å². The molecule has 1 N–H and O–H groups in total. The SMILES string of the molecule is CCC1COc2cc3c(cc2N1)CCCC3. The van der Waals surface area contributed by atoms with E-state index in [4.69, 9.17) is 4.74 Å². The van der Waals surface area contributed by atoms with E-state index in [1.54, 1.807) is 0 Å². The molecule has 2 nitrogen and oxygen atoms in total. The lowest BCUT2D eigenvalue weighted by Gasteiger charge is -2.29. The van der Waals surface area contributed by atoms with Gasteiger partial charge in [-0.3, -0.25) is 0 Å². The van der Waals surface area contributed by atoms with Crippen molar-refractivity contribution in [2.45, 2.75) is 45.1 Å². The largest absolute Gasteiger partial charge is 0.489 e. The standard InChI is InChI=1S/C14H19NO/c1-2-12-9-16-14-8-11-6-4-3-5-10(11)7-13(14)15-12/h7-8,12,15H,2-6,9H2,1H3. The summed E-state index contributed by atoms with van der Waals surface area (Å²) in [6, 6.07) is 5.04. The molecule has 86 valence electrons. The summed E-state index contributed by atoms with van der Waals surface area (Å²) in [4.78, 5) is 0. The Hall–Kier alpha value is -1.18. The fourth-order valence-electron chi connectivity index (χ4n) is 2.67. The van der Waals surface area contributed by atoms with Gasteiger partial charge in [0.1, 0.15) is 12.4 Å². The summed E-state index contributed by atoms with van der Waals surface area (Å²) in [6.07, 6.45) is 6.25. The average Bonchev–Trinajstić information content (AvgIpc) is 2.35. The minimum absolute atomic E-state index is 0.481. The first kappa shape index (κ1) is 10.0. The molecule has 0 bridgehead atoms. The predicted molar refractivity (Wildman–Crippen MR) is 66.3 cm³/mol. The molecule has 16 heavy (non-hydrogen) atoms. The maximum Gasteiger partial charge on any atom is 0.142 e. The number of anilines is 1. The second-order valence-electron chi connectivity index (χ2n) is 4.88. The molecule has 2 heteroatoms. The minimum Gasteiger partial charge on any atom is -0.489 e. The Balaban J connectivity index is 1.95. The molecule has 0 radical (unpaired) electrons. The van der Waals surface area contributed by atoms with Gasteiger partial charge in [0.15, 0.2) is 0 Å². The van der Waals surface area contributed by atoms with Crippen molar-refractivity contribution in [2.24, 2.45) is 0 Å². The van der Waals surface area contributed by atoms with E-state index in [2.05, 4.69) is 24.4 Å². The van der Waals surface area contributed by atoms with Gasteiger partial charge in [-0.25, -0.2) is 0 Å². The minimum atomic E-state index is 0.481. The van der Waals surface area contributed by atoms with Crippen LogP contribution in [0.25, 0.3) is 0 Å². The van der Waals surface area contributed by atoms with Gasteiger partial charge in [-0.05, 0) is 55.4 Å². The summed E-state index contributed by atoms with van der Waals surface area (Å²) in [5.41, 5.74) is 4.23. The van der Waals surface area contributed by atoms with Gasteiger partial charge < -0.3 is 10.1 Å². The predicted octanol–water partition coefficient (Wildman–Crippen LogP) is 3.15. The van der Waals surface area contributed by atoms with E-state index in [0.29, 0.717) is 6.04 Å². The van der Waals surface area contributed by atoms with E-state index in [9.17, 15) is 0 Å². The molecule has 0 saturated heterocycles. The van der Waals surface area contributed by atoms with Crippen molar-refractivity contribution in [1.29, 1.82) is 0 Å². The van der Waals surface area contributed by atoms with Gasteiger partial charge in [0.25, 0.3) is 0 Å². The Morgan fingerprint density at radius 1 is 1.25 bits per heavy atom. The molecule has 1 heterocycles. The van der Waals surface area contributed by atoms with Gasteiger partial charge in [0, 0.05) is 0 Å². The smallest absolute Gasteiger partial charge is 0.142 e. The maximum absolute atomic E-state index is 5.83. The number of hydrogen-bond donors (Lipinski definition) is 1. The summed E-state index contributed by atoms with van der Waals surface area (Å²) in [5, 5.41) is 3.57. The van der Waals surface area contributed by atoms with Crippen molar-refractivity contribution >= 4 is 5.69 Å². The van der Waals surface area contributed by atoms with Gasteiger partial charge in [-0.15, -0.1) is 0 Å². The van der Waals surface area contributed by atoms with E-state index < -0.39 is 0 Å². The van der Waals surface area contributed by atoms with Crippen LogP contribution in [-0.2, 0) is 12.8 Å². The molecule has 1 aliphatic carbocycles. The van der Waals surface area contributed by atoms with Crippen LogP contribution in [0, 0.1) is 0 Å². The number of rotatable bonds is 1. The highest BCUT2D eigenvalue weighted by atomic mass is 16.5. The van der Waals surface area contributed by atoms with Crippen molar-refractivity contribution in [3.8, 4) is 5.75 Å². The van der Waals surface area contributed by atoms with Crippen molar-refractivity contribution in [3.05, 3.63) is 23.3 Å². The van der Waals surface area contributed by atoms with Crippen molar-refractivity contribution in [2.75, 3.05) is 11.9 Å². The summed E-state index contributed by atoms with van der Waals surface area (Å²) in [5.74, 6) is 1.06. The Bertz CT molecular complexity index is 400. The van der Waals surface area contributed by atoms with Gasteiger partial charge in [0.05, 0.1) is 11.7 Å². The number of ether oxygens (including phenoxy) is 1. The lowest BCUT2D eigenvalue weighted by molar-refractivity contribution is 0.281. The van der Waals surface area contributed by atoms with E-state index in [1.807, 2.05) is 0 Å². The van der Waals surface area contributed by atoms with Crippen LogP contribution < -0.4 is 10.1 Å². The lowest BCUT2D eigenvalue weighted by Crippen LogP contribution is -2.30. The monoisotopic (exact) mass is 217 g/mol. The Morgan fingerprint density at radius 3 is 2.75 bits per heavy atom. The highest BCUT2D eigenvalue weighted by molar-refractivity contribution is 5.62. The third-order valence-corrected chi connectivity index (χ3v) is 3.74. The molecule has 0 fully saturated rings. The van der Waals surface area contributed by atoms with Crippen LogP contribution in [0.1, 0.15) is 37.3 Å². The lowest BCUT2D eigenvalue weighted by atomic mass is 9.90. The molecule has 1 aromatic rings. The van der Waals surface area contributed by atoms with E-state index in [1.165, 1.54) is 42.5 Å². The normalized spacial score (nSPS) is 22.7. The molecule has 0 spiro atoms. The molecule has 3 rings (SSSR count). The first-order valence-corrected chi connectivity index (χ1v) is 6.42. The highest BCUT2D eigenvalue weighted by Gasteiger charge is 2.20. The molecule has 1 unspecified atom stereocenters. The zero-order valence-corrected chi connectivity index (χ0v) is 9.88. The van der Waals surface area contributed by atoms with Gasteiger partial charge in [-0.1, -0.05) is 6.92 Å². The number of hydrogen-bond acceptors (Lipinski definition) is 2. The fourth-order valence-corrected chi connectivity index (χ4v) is 2.67. The Labute approximate surface area is 97.0 Å². The average molecular weight is 217 g/mol. The molecule has 1 aliphatic heterocycles. The molecule has 0 saturated carbocycles. The van der Waals surface area contributed by atoms with Crippen LogP contribution in [0.2, 0.25) is 0 Å². The van der Waals surface area contributed by atoms with Crippen LogP contribution in [0.4, 0.5) is 5.69 Å². The van der Waals surface area contributed by atoms with Crippen molar-refractivity contribution in [1.82, 2.24) is 0 Å². The van der Waals surface area contributed by atoms with Crippen molar-refractivity contribution < 1.29 is 4.74 Å². The highest BCUT2D eigenvalue weighted by Crippen LogP contribution is 2.35. The van der Waals surface area contributed by atoms with Gasteiger partial charge in [-0.2, -0.15) is 0 Å². The molecular formula is C14H19NO. The van der Waals surface area contributed by atoms with Crippen molar-refractivity contribution in [3.63, 3.8) is 0 Å². The summed E-state index contributed by atoms with van der Waals surface area (Å²) in [6.45, 7) is 3.01. The van der Waals surface area contributed by atoms with Crippen LogP contribution >= 0.6 is 0 Å². The molecule has 1 atom stereocenters. The number of aryl methyl sites for hydroxylation is 2. The third-order valence-electron chi connectivity index (χ3n) is 3.74. The molecule has 1 aromatic carbocycles.